The lowest BCUT2D eigenvalue weighted by Crippen LogP contribution is -2.48. The van der Waals surface area contributed by atoms with Crippen molar-refractivity contribution in [2.24, 2.45) is 0 Å². The molecule has 1 heterocycles. The van der Waals surface area contributed by atoms with Gasteiger partial charge in [-0.2, -0.15) is 16.1 Å². The van der Waals surface area contributed by atoms with E-state index in [4.69, 9.17) is 9.47 Å². The number of likely N-dealkylation sites (N-methyl/N-ethyl adjacent to an activating group) is 1. The number of amides is 1. The van der Waals surface area contributed by atoms with Crippen LogP contribution >= 0.6 is 11.8 Å². The van der Waals surface area contributed by atoms with Crippen LogP contribution in [-0.4, -0.2) is 61.5 Å². The molecule has 1 fully saturated rings. The van der Waals surface area contributed by atoms with Crippen molar-refractivity contribution >= 4 is 44.4 Å². The van der Waals surface area contributed by atoms with Gasteiger partial charge in [-0.25, -0.2) is 8.42 Å². The number of thioether (sulfide) groups is 1. The summed E-state index contributed by atoms with van der Waals surface area (Å²) >= 11 is 1.61. The van der Waals surface area contributed by atoms with E-state index in [0.717, 1.165) is 22.1 Å². The zero-order valence-electron chi connectivity index (χ0n) is 24.3. The molecule has 1 amide bonds. The number of rotatable bonds is 10. The smallest absolute Gasteiger partial charge is 0.304 e. The maximum atomic E-state index is 14.2. The van der Waals surface area contributed by atoms with Gasteiger partial charge in [-0.15, -0.1) is 0 Å². The predicted octanol–water partition coefficient (Wildman–Crippen LogP) is 5.63. The van der Waals surface area contributed by atoms with E-state index in [2.05, 4.69) is 0 Å². The van der Waals surface area contributed by atoms with Gasteiger partial charge < -0.3 is 14.4 Å². The Kier molecular flexibility index (Phi) is 9.39. The highest BCUT2D eigenvalue weighted by atomic mass is 32.2. The van der Waals surface area contributed by atoms with Crippen LogP contribution in [0, 0.1) is 0 Å². The molecule has 0 radical (unpaired) electrons. The molecule has 0 bridgehead atoms. The summed E-state index contributed by atoms with van der Waals surface area (Å²) in [6.07, 6.45) is -0.680. The number of sulfonamides is 1. The molecule has 4 aromatic carbocycles. The Bertz CT molecular complexity index is 1700. The van der Waals surface area contributed by atoms with Gasteiger partial charge in [-0.05, 0) is 47.0 Å². The second-order valence-corrected chi connectivity index (χ2v) is 13.6. The topological polar surface area (TPSA) is 93.2 Å². The predicted molar refractivity (Wildman–Crippen MR) is 168 cm³/mol. The first-order valence-corrected chi connectivity index (χ1v) is 16.4. The summed E-state index contributed by atoms with van der Waals surface area (Å²) in [7, 11) is -0.889. The standard InChI is InChI=1S/C33H34N2O6S2/c1-23(36)41-33(26-10-5-4-6-11-26)34(2)32(37)31-20-29(42-22-24-13-16-28(40-3)17-14-24)21-35(31)43(38,39)30-18-15-25-9-7-8-12-27(25)19-30/h4-19,29,31,33H,20-22H2,1-3H3/t29-,31+,33?/m1/s1. The zero-order chi connectivity index (χ0) is 30.6. The van der Waals surface area contributed by atoms with Crippen molar-refractivity contribution in [1.29, 1.82) is 0 Å². The van der Waals surface area contributed by atoms with Crippen molar-refractivity contribution in [3.8, 4) is 5.75 Å². The monoisotopic (exact) mass is 618 g/mol. The van der Waals surface area contributed by atoms with Crippen LogP contribution in [0.25, 0.3) is 10.8 Å². The van der Waals surface area contributed by atoms with Gasteiger partial charge in [0.1, 0.15) is 11.8 Å². The summed E-state index contributed by atoms with van der Waals surface area (Å²) in [6.45, 7) is 1.45. The Morgan fingerprint density at radius 1 is 0.953 bits per heavy atom. The molecule has 10 heteroatoms. The lowest BCUT2D eigenvalue weighted by Gasteiger charge is -2.32. The van der Waals surface area contributed by atoms with Crippen molar-refractivity contribution in [3.63, 3.8) is 0 Å². The number of ether oxygens (including phenoxy) is 2. The number of methoxy groups -OCH3 is 1. The minimum atomic E-state index is -4.05. The average Bonchev–Trinajstić information content (AvgIpc) is 3.47. The van der Waals surface area contributed by atoms with E-state index < -0.39 is 34.2 Å². The number of hydrogen-bond donors (Lipinski definition) is 0. The number of carbonyl (C=O) groups is 2. The van der Waals surface area contributed by atoms with Crippen molar-refractivity contribution in [1.82, 2.24) is 9.21 Å². The molecular weight excluding hydrogens is 585 g/mol. The quantitative estimate of drug-likeness (QED) is 0.168. The fourth-order valence-corrected chi connectivity index (χ4v) is 8.25. The van der Waals surface area contributed by atoms with Gasteiger partial charge in [-0.1, -0.05) is 72.8 Å². The first-order valence-electron chi connectivity index (χ1n) is 13.9. The molecule has 3 atom stereocenters. The van der Waals surface area contributed by atoms with Gasteiger partial charge >= 0.3 is 5.97 Å². The van der Waals surface area contributed by atoms with Crippen LogP contribution in [0.15, 0.2) is 102 Å². The van der Waals surface area contributed by atoms with Gasteiger partial charge in [0.2, 0.25) is 22.2 Å². The molecule has 1 aliphatic heterocycles. The van der Waals surface area contributed by atoms with Crippen LogP contribution in [0.2, 0.25) is 0 Å². The summed E-state index contributed by atoms with van der Waals surface area (Å²) in [5.74, 6) is 0.423. The highest BCUT2D eigenvalue weighted by Gasteiger charge is 2.46. The minimum absolute atomic E-state index is 0.132. The molecular formula is C33H34N2O6S2. The average molecular weight is 619 g/mol. The third kappa shape index (κ3) is 6.87. The zero-order valence-corrected chi connectivity index (χ0v) is 25.9. The molecule has 0 aromatic heterocycles. The Morgan fingerprint density at radius 2 is 1.63 bits per heavy atom. The molecule has 0 spiro atoms. The fourth-order valence-electron chi connectivity index (χ4n) is 5.27. The van der Waals surface area contributed by atoms with Gasteiger partial charge in [0.15, 0.2) is 0 Å². The molecule has 43 heavy (non-hydrogen) atoms. The van der Waals surface area contributed by atoms with Gasteiger partial charge in [0.05, 0.1) is 12.0 Å². The lowest BCUT2D eigenvalue weighted by molar-refractivity contribution is -0.163. The summed E-state index contributed by atoms with van der Waals surface area (Å²) in [4.78, 5) is 27.6. The number of nitrogens with zero attached hydrogens (tertiary/aromatic N) is 2. The van der Waals surface area contributed by atoms with Gasteiger partial charge in [0, 0.05) is 37.1 Å². The van der Waals surface area contributed by atoms with E-state index in [1.807, 2.05) is 54.6 Å². The van der Waals surface area contributed by atoms with Gasteiger partial charge in [-0.3, -0.25) is 9.59 Å². The number of benzene rings is 4. The van der Waals surface area contributed by atoms with Crippen LogP contribution in [0.4, 0.5) is 0 Å². The SMILES string of the molecule is COc1ccc(CS[C@@H]2C[C@@H](C(=O)N(C)C(OC(C)=O)c3ccccc3)N(S(=O)(=O)c3ccc4ccccc4c3)C2)cc1. The van der Waals surface area contributed by atoms with Crippen LogP contribution in [0.3, 0.4) is 0 Å². The van der Waals surface area contributed by atoms with Crippen LogP contribution < -0.4 is 4.74 Å². The number of esters is 1. The first-order chi connectivity index (χ1) is 20.7. The van der Waals surface area contributed by atoms with Crippen LogP contribution in [0.1, 0.15) is 30.7 Å². The maximum absolute atomic E-state index is 14.2. The Labute approximate surface area is 256 Å². The highest BCUT2D eigenvalue weighted by Crippen LogP contribution is 2.36. The third-order valence-corrected chi connectivity index (χ3v) is 10.7. The summed E-state index contributed by atoms with van der Waals surface area (Å²) in [5.41, 5.74) is 1.68. The molecule has 5 rings (SSSR count). The number of carbonyl (C=O) groups excluding carboxylic acids is 2. The van der Waals surface area contributed by atoms with E-state index >= 15 is 0 Å². The van der Waals surface area contributed by atoms with E-state index in [1.165, 1.54) is 16.1 Å². The van der Waals surface area contributed by atoms with E-state index in [9.17, 15) is 18.0 Å². The summed E-state index contributed by atoms with van der Waals surface area (Å²) in [6, 6.07) is 28.3. The second-order valence-electron chi connectivity index (χ2n) is 10.4. The van der Waals surface area contributed by atoms with Crippen molar-refractivity contribution < 1.29 is 27.5 Å². The van der Waals surface area contributed by atoms with Crippen molar-refractivity contribution in [2.75, 3.05) is 20.7 Å². The van der Waals surface area contributed by atoms with Gasteiger partial charge in [0.25, 0.3) is 0 Å². The Morgan fingerprint density at radius 3 is 2.30 bits per heavy atom. The van der Waals surface area contributed by atoms with Crippen molar-refractivity contribution in [3.05, 3.63) is 108 Å². The molecule has 1 saturated heterocycles. The molecule has 8 nitrogen and oxygen atoms in total. The molecule has 0 aliphatic carbocycles. The number of hydrogen-bond acceptors (Lipinski definition) is 7. The molecule has 0 N–H and O–H groups in total. The van der Waals surface area contributed by atoms with Crippen LogP contribution in [-0.2, 0) is 30.1 Å². The first kappa shape index (κ1) is 30.6. The summed E-state index contributed by atoms with van der Waals surface area (Å²) < 4.78 is 40.5. The molecule has 1 aliphatic rings. The Hall–Kier alpha value is -3.86. The van der Waals surface area contributed by atoms with E-state index in [-0.39, 0.29) is 16.7 Å². The maximum Gasteiger partial charge on any atom is 0.304 e. The van der Waals surface area contributed by atoms with E-state index in [0.29, 0.717) is 17.7 Å². The molecule has 4 aromatic rings. The lowest BCUT2D eigenvalue weighted by atomic mass is 10.1. The third-order valence-electron chi connectivity index (χ3n) is 7.54. The van der Waals surface area contributed by atoms with E-state index in [1.54, 1.807) is 68.4 Å². The highest BCUT2D eigenvalue weighted by molar-refractivity contribution is 7.99. The summed E-state index contributed by atoms with van der Waals surface area (Å²) in [5, 5.41) is 1.59. The fraction of sp³-hybridized carbons (Fsp3) is 0.273. The molecule has 224 valence electrons. The van der Waals surface area contributed by atoms with Crippen LogP contribution in [0.5, 0.6) is 5.75 Å². The number of fused-ring (bicyclic) bond motifs is 1. The normalized spacial score (nSPS) is 17.8. The van der Waals surface area contributed by atoms with Crippen molar-refractivity contribution in [2.45, 2.75) is 41.5 Å². The minimum Gasteiger partial charge on any atom is -0.497 e. The molecule has 1 unspecified atom stereocenters. The molecule has 0 saturated carbocycles. The Balaban J connectivity index is 1.45. The second kappa shape index (κ2) is 13.2. The largest absolute Gasteiger partial charge is 0.497 e.